The van der Waals surface area contributed by atoms with E-state index < -0.39 is 29.7 Å². The Morgan fingerprint density at radius 1 is 1.35 bits per heavy atom. The fourth-order valence-corrected chi connectivity index (χ4v) is 3.94. The lowest BCUT2D eigenvalue weighted by Crippen LogP contribution is -2.66. The number of imide groups is 1. The zero-order valence-electron chi connectivity index (χ0n) is 14.2. The number of hydrogen-bond acceptors (Lipinski definition) is 6. The number of anilines is 1. The number of nitrogens with two attached hydrogens (primary N) is 1. The Morgan fingerprint density at radius 3 is 2.62 bits per heavy atom. The highest BCUT2D eigenvalue weighted by Crippen LogP contribution is 2.34. The van der Waals surface area contributed by atoms with Crippen LogP contribution in [0.4, 0.5) is 5.13 Å². The van der Waals surface area contributed by atoms with E-state index in [1.165, 1.54) is 17.5 Å². The number of carboxylic acid groups (broad SMARTS) is 1. The Morgan fingerprint density at radius 2 is 2.04 bits per heavy atom. The van der Waals surface area contributed by atoms with E-state index in [1.54, 1.807) is 0 Å². The van der Waals surface area contributed by atoms with Crippen LogP contribution in [0.3, 0.4) is 0 Å². The van der Waals surface area contributed by atoms with Gasteiger partial charge in [-0.25, -0.2) is 9.78 Å². The van der Waals surface area contributed by atoms with Crippen molar-refractivity contribution >= 4 is 34.3 Å². The number of β-lactam (4-membered cyclic amide) rings is 1. The van der Waals surface area contributed by atoms with Crippen LogP contribution >= 0.6 is 11.3 Å². The largest absolute Gasteiger partial charge is 0.480 e. The summed E-state index contributed by atoms with van der Waals surface area (Å²) >= 11 is 1.22. The lowest BCUT2D eigenvalue weighted by Gasteiger charge is -2.43. The predicted octanol–water partition coefficient (Wildman–Crippen LogP) is 1.90. The lowest BCUT2D eigenvalue weighted by atomic mass is 9.83. The first kappa shape index (κ1) is 18.1. The second-order valence-electron chi connectivity index (χ2n) is 6.38. The van der Waals surface area contributed by atoms with Gasteiger partial charge in [0, 0.05) is 17.5 Å². The molecule has 3 atom stereocenters. The molecule has 0 spiro atoms. The molecular weight excluding hydrogens is 354 g/mol. The molecule has 3 N–H and O–H groups in total. The molecule has 136 valence electrons. The van der Waals surface area contributed by atoms with E-state index in [-0.39, 0.29) is 18.8 Å². The summed E-state index contributed by atoms with van der Waals surface area (Å²) in [6.07, 6.45) is 1.84. The van der Waals surface area contributed by atoms with Crippen LogP contribution in [0, 0.1) is 5.92 Å². The van der Waals surface area contributed by atoms with Gasteiger partial charge in [0.15, 0.2) is 5.13 Å². The molecule has 2 aromatic rings. The number of benzene rings is 1. The fourth-order valence-electron chi connectivity index (χ4n) is 3.20. The highest BCUT2D eigenvalue weighted by Gasteiger charge is 2.54. The highest BCUT2D eigenvalue weighted by atomic mass is 32.1. The number of hydrogen-bond donors (Lipinski definition) is 2. The van der Waals surface area contributed by atoms with Crippen LogP contribution in [0.2, 0.25) is 0 Å². The van der Waals surface area contributed by atoms with Crippen LogP contribution in [-0.2, 0) is 20.8 Å². The predicted molar refractivity (Wildman–Crippen MR) is 96.5 cm³/mol. The monoisotopic (exact) mass is 373 g/mol. The Labute approximate surface area is 154 Å². The van der Waals surface area contributed by atoms with Gasteiger partial charge >= 0.3 is 5.97 Å². The summed E-state index contributed by atoms with van der Waals surface area (Å²) in [4.78, 5) is 42.1. The summed E-state index contributed by atoms with van der Waals surface area (Å²) in [6, 6.07) is 8.31. The van der Waals surface area contributed by atoms with Gasteiger partial charge in [0.25, 0.3) is 0 Å². The van der Waals surface area contributed by atoms with Crippen molar-refractivity contribution in [1.29, 1.82) is 0 Å². The van der Waals surface area contributed by atoms with Gasteiger partial charge in [-0.05, 0) is 17.9 Å². The van der Waals surface area contributed by atoms with Crippen LogP contribution in [0.1, 0.15) is 29.7 Å². The van der Waals surface area contributed by atoms with Gasteiger partial charge in [-0.15, -0.1) is 11.3 Å². The minimum absolute atomic E-state index is 0.0831. The number of carboxylic acids is 1. The van der Waals surface area contributed by atoms with Crippen molar-refractivity contribution in [1.82, 2.24) is 9.88 Å². The second kappa shape index (κ2) is 7.25. The maximum atomic E-state index is 12.5. The summed E-state index contributed by atoms with van der Waals surface area (Å²) < 4.78 is 0. The van der Waals surface area contributed by atoms with Crippen LogP contribution in [0.25, 0.3) is 0 Å². The second-order valence-corrected chi connectivity index (χ2v) is 7.52. The number of rotatable bonds is 6. The molecule has 0 saturated carbocycles. The third-order valence-electron chi connectivity index (χ3n) is 4.58. The van der Waals surface area contributed by atoms with Crippen molar-refractivity contribution < 1.29 is 19.5 Å². The molecule has 2 amide bonds. The molecule has 1 aliphatic rings. The van der Waals surface area contributed by atoms with Gasteiger partial charge < -0.3 is 10.8 Å². The molecule has 26 heavy (non-hydrogen) atoms. The molecule has 0 radical (unpaired) electrons. The normalized spacial score (nSPS) is 20.5. The fraction of sp³-hybridized carbons (Fsp3) is 0.333. The number of aliphatic carboxylic acids is 1. The first-order valence-electron chi connectivity index (χ1n) is 8.22. The third-order valence-corrected chi connectivity index (χ3v) is 5.43. The molecule has 1 aromatic heterocycles. The summed E-state index contributed by atoms with van der Waals surface area (Å²) in [7, 11) is 0. The number of amides is 2. The number of carbonyl (C=O) groups excluding carboxylic acids is 2. The van der Waals surface area contributed by atoms with Gasteiger partial charge in [0.2, 0.25) is 11.8 Å². The topological polar surface area (TPSA) is 114 Å². The van der Waals surface area contributed by atoms with Gasteiger partial charge in [0.05, 0.1) is 5.92 Å². The number of thiazole rings is 1. The standard InChI is InChI=1S/C18H19N3O4S/c1-10(11-5-3-2-4-6-11)7-14(22)21-15(17(24)25)13(16(21)23)8-12-9-20-18(19)26-12/h2-6,9-10,13,15H,7-8H2,1H3,(H2,19,20)(H,24,25)/t10-,13+,15-/m0/s1. The maximum absolute atomic E-state index is 12.5. The zero-order valence-corrected chi connectivity index (χ0v) is 15.0. The van der Waals surface area contributed by atoms with Crippen molar-refractivity contribution in [3.63, 3.8) is 0 Å². The highest BCUT2D eigenvalue weighted by molar-refractivity contribution is 7.15. The Bertz CT molecular complexity index is 836. The molecule has 0 aliphatic carbocycles. The van der Waals surface area contributed by atoms with Crippen LogP contribution < -0.4 is 5.73 Å². The van der Waals surface area contributed by atoms with E-state index in [9.17, 15) is 19.5 Å². The lowest BCUT2D eigenvalue weighted by molar-refractivity contribution is -0.177. The average molecular weight is 373 g/mol. The summed E-state index contributed by atoms with van der Waals surface area (Å²) in [5.41, 5.74) is 6.54. The first-order chi connectivity index (χ1) is 12.4. The first-order valence-corrected chi connectivity index (χ1v) is 9.04. The molecule has 1 fully saturated rings. The van der Waals surface area contributed by atoms with Crippen molar-refractivity contribution in [2.45, 2.75) is 31.7 Å². The van der Waals surface area contributed by atoms with Crippen LogP contribution in [0.15, 0.2) is 36.5 Å². The van der Waals surface area contributed by atoms with Crippen LogP contribution in [0.5, 0.6) is 0 Å². The molecule has 7 nitrogen and oxygen atoms in total. The number of nitrogen functional groups attached to an aromatic ring is 1. The molecule has 8 heteroatoms. The molecule has 2 heterocycles. The summed E-state index contributed by atoms with van der Waals surface area (Å²) in [6.45, 7) is 1.88. The maximum Gasteiger partial charge on any atom is 0.327 e. The summed E-state index contributed by atoms with van der Waals surface area (Å²) in [5, 5.41) is 9.86. The number of carbonyl (C=O) groups is 3. The van der Waals surface area contributed by atoms with Crippen molar-refractivity contribution in [3.8, 4) is 0 Å². The van der Waals surface area contributed by atoms with Gasteiger partial charge in [-0.1, -0.05) is 37.3 Å². The molecule has 1 aromatic carbocycles. The van der Waals surface area contributed by atoms with E-state index in [0.717, 1.165) is 15.3 Å². The summed E-state index contributed by atoms with van der Waals surface area (Å²) in [5.74, 6) is -2.95. The minimum atomic E-state index is -1.17. The van der Waals surface area contributed by atoms with Crippen molar-refractivity contribution in [2.24, 2.45) is 5.92 Å². The van der Waals surface area contributed by atoms with Gasteiger partial charge in [-0.2, -0.15) is 0 Å². The van der Waals surface area contributed by atoms with E-state index in [0.29, 0.717) is 5.13 Å². The molecule has 1 aliphatic heterocycles. The molecular formula is C18H19N3O4S. The SMILES string of the molecule is C[C@@H](CC(=O)N1C(=O)[C@H](Cc2cnc(N)s2)[C@H]1C(=O)O)c1ccccc1. The molecule has 0 bridgehead atoms. The van der Waals surface area contributed by atoms with E-state index in [1.807, 2.05) is 37.3 Å². The van der Waals surface area contributed by atoms with Crippen molar-refractivity contribution in [2.75, 3.05) is 5.73 Å². The smallest absolute Gasteiger partial charge is 0.327 e. The quantitative estimate of drug-likeness (QED) is 0.748. The van der Waals surface area contributed by atoms with Crippen molar-refractivity contribution in [3.05, 3.63) is 47.0 Å². The Balaban J connectivity index is 1.70. The average Bonchev–Trinajstić information content (AvgIpc) is 3.02. The van der Waals surface area contributed by atoms with Gasteiger partial charge in [0.1, 0.15) is 6.04 Å². The number of likely N-dealkylation sites (tertiary alicyclic amines) is 1. The van der Waals surface area contributed by atoms with E-state index in [4.69, 9.17) is 5.73 Å². The zero-order chi connectivity index (χ0) is 18.8. The molecule has 1 saturated heterocycles. The Kier molecular flexibility index (Phi) is 5.03. The van der Waals surface area contributed by atoms with Crippen LogP contribution in [-0.4, -0.2) is 38.8 Å². The van der Waals surface area contributed by atoms with E-state index in [2.05, 4.69) is 4.98 Å². The van der Waals surface area contributed by atoms with Gasteiger partial charge in [-0.3, -0.25) is 14.5 Å². The number of nitrogens with zero attached hydrogens (tertiary/aromatic N) is 2. The third kappa shape index (κ3) is 3.45. The molecule has 3 rings (SSSR count). The number of aromatic nitrogens is 1. The molecule has 0 unspecified atom stereocenters. The Hall–Kier alpha value is -2.74. The van der Waals surface area contributed by atoms with E-state index >= 15 is 0 Å². The minimum Gasteiger partial charge on any atom is -0.480 e.